The molecule has 2 aromatic rings. The zero-order chi connectivity index (χ0) is 13.8. The Kier molecular flexibility index (Phi) is 4.10. The highest BCUT2D eigenvalue weighted by molar-refractivity contribution is 7.10. The van der Waals surface area contributed by atoms with Gasteiger partial charge in [-0.2, -0.15) is 0 Å². The van der Waals surface area contributed by atoms with E-state index in [1.807, 2.05) is 0 Å². The van der Waals surface area contributed by atoms with Crippen molar-refractivity contribution < 1.29 is 9.66 Å². The number of non-ortho nitro benzene ring substituents is 1. The molecule has 0 bridgehead atoms. The van der Waals surface area contributed by atoms with Gasteiger partial charge in [0.2, 0.25) is 0 Å². The Hall–Kier alpha value is -1.97. The van der Waals surface area contributed by atoms with E-state index in [2.05, 4.69) is 15.0 Å². The summed E-state index contributed by atoms with van der Waals surface area (Å²) in [6, 6.07) is 3.94. The number of nitrogens with zero attached hydrogens (tertiary/aromatic N) is 3. The molecule has 1 aromatic carbocycles. The van der Waals surface area contributed by atoms with Crippen molar-refractivity contribution in [3.8, 4) is 5.75 Å². The predicted molar refractivity (Wildman–Crippen MR) is 70.2 cm³/mol. The van der Waals surface area contributed by atoms with Gasteiger partial charge in [-0.15, -0.1) is 5.10 Å². The van der Waals surface area contributed by atoms with Crippen molar-refractivity contribution in [2.75, 3.05) is 5.43 Å². The lowest BCUT2D eigenvalue weighted by atomic mass is 10.3. The Morgan fingerprint density at radius 3 is 3.05 bits per heavy atom. The predicted octanol–water partition coefficient (Wildman–Crippen LogP) is 1.96. The van der Waals surface area contributed by atoms with Crippen LogP contribution >= 0.6 is 23.1 Å². The molecule has 0 atom stereocenters. The quantitative estimate of drug-likeness (QED) is 0.492. The van der Waals surface area contributed by atoms with Crippen LogP contribution in [-0.4, -0.2) is 14.5 Å². The molecular formula is C9H8ClN5O3S. The van der Waals surface area contributed by atoms with Crippen LogP contribution in [-0.2, 0) is 6.61 Å². The second-order valence-electron chi connectivity index (χ2n) is 3.35. The monoisotopic (exact) mass is 301 g/mol. The first kappa shape index (κ1) is 13.5. The van der Waals surface area contributed by atoms with Gasteiger partial charge in [0.1, 0.15) is 18.1 Å². The van der Waals surface area contributed by atoms with Crippen LogP contribution in [0, 0.1) is 10.1 Å². The van der Waals surface area contributed by atoms with Gasteiger partial charge in [-0.25, -0.2) is 5.84 Å². The minimum Gasteiger partial charge on any atom is -0.485 e. The molecule has 0 spiro atoms. The average molecular weight is 302 g/mol. The molecule has 3 N–H and O–H groups in total. The third-order valence-corrected chi connectivity index (χ3v) is 3.19. The van der Waals surface area contributed by atoms with Gasteiger partial charge in [0.15, 0.2) is 5.00 Å². The molecule has 0 aliphatic carbocycles. The first-order chi connectivity index (χ1) is 9.11. The van der Waals surface area contributed by atoms with Gasteiger partial charge < -0.3 is 10.2 Å². The van der Waals surface area contributed by atoms with Crippen LogP contribution in [0.4, 0.5) is 10.7 Å². The summed E-state index contributed by atoms with van der Waals surface area (Å²) in [4.78, 5) is 10.1. The molecule has 1 aromatic heterocycles. The highest BCUT2D eigenvalue weighted by atomic mass is 35.5. The summed E-state index contributed by atoms with van der Waals surface area (Å²) in [7, 11) is 0. The summed E-state index contributed by atoms with van der Waals surface area (Å²) in [5.74, 6) is 5.47. The number of nitro benzene ring substituents is 1. The third-order valence-electron chi connectivity index (χ3n) is 2.18. The first-order valence-corrected chi connectivity index (χ1v) is 6.11. The lowest BCUT2D eigenvalue weighted by Crippen LogP contribution is -2.08. The SMILES string of the molecule is NNc1snnc1COc1cc([N+](=O)[O-])ccc1Cl. The molecule has 10 heteroatoms. The van der Waals surface area contributed by atoms with E-state index in [1.165, 1.54) is 18.2 Å². The van der Waals surface area contributed by atoms with Gasteiger partial charge in [-0.05, 0) is 6.07 Å². The Bertz CT molecular complexity index is 605. The molecule has 100 valence electrons. The van der Waals surface area contributed by atoms with Crippen molar-refractivity contribution in [2.45, 2.75) is 6.61 Å². The second kappa shape index (κ2) is 5.78. The van der Waals surface area contributed by atoms with Crippen molar-refractivity contribution >= 4 is 33.8 Å². The fraction of sp³-hybridized carbons (Fsp3) is 0.111. The molecule has 0 aliphatic heterocycles. The standard InChI is InChI=1S/C9H8ClN5O3S/c10-6-2-1-5(15(16)17)3-8(6)18-4-7-9(12-11)19-14-13-7/h1-3,12H,4,11H2. The van der Waals surface area contributed by atoms with Crippen LogP contribution in [0.1, 0.15) is 5.69 Å². The summed E-state index contributed by atoms with van der Waals surface area (Å²) in [6.07, 6.45) is 0. The smallest absolute Gasteiger partial charge is 0.273 e. The molecule has 0 fully saturated rings. The van der Waals surface area contributed by atoms with Crippen LogP contribution in [0.25, 0.3) is 0 Å². The van der Waals surface area contributed by atoms with E-state index in [0.717, 1.165) is 11.5 Å². The maximum absolute atomic E-state index is 10.7. The van der Waals surface area contributed by atoms with Crippen molar-refractivity contribution in [1.29, 1.82) is 0 Å². The van der Waals surface area contributed by atoms with Gasteiger partial charge in [0.25, 0.3) is 5.69 Å². The number of nitrogens with one attached hydrogen (secondary N) is 1. The van der Waals surface area contributed by atoms with Crippen LogP contribution in [0.15, 0.2) is 18.2 Å². The third kappa shape index (κ3) is 3.08. The summed E-state index contributed by atoms with van der Waals surface area (Å²) in [5.41, 5.74) is 2.82. The minimum atomic E-state index is -0.527. The molecule has 8 nitrogen and oxygen atoms in total. The van der Waals surface area contributed by atoms with Gasteiger partial charge >= 0.3 is 0 Å². The van der Waals surface area contributed by atoms with E-state index in [0.29, 0.717) is 10.7 Å². The molecule has 1 heterocycles. The zero-order valence-electron chi connectivity index (χ0n) is 9.37. The Balaban J connectivity index is 2.15. The number of nitrogen functional groups attached to an aromatic ring is 1. The molecule has 2 rings (SSSR count). The summed E-state index contributed by atoms with van der Waals surface area (Å²) in [5, 5.41) is 15.3. The largest absolute Gasteiger partial charge is 0.485 e. The van der Waals surface area contributed by atoms with Crippen molar-refractivity contribution in [1.82, 2.24) is 9.59 Å². The normalized spacial score (nSPS) is 10.2. The van der Waals surface area contributed by atoms with Gasteiger partial charge in [0.05, 0.1) is 16.0 Å². The molecule has 0 aliphatic rings. The summed E-state index contributed by atoms with van der Waals surface area (Å²) in [6.45, 7) is 0.0525. The highest BCUT2D eigenvalue weighted by Gasteiger charge is 2.13. The van der Waals surface area contributed by atoms with E-state index in [4.69, 9.17) is 22.2 Å². The fourth-order valence-corrected chi connectivity index (χ4v) is 1.93. The molecule has 0 radical (unpaired) electrons. The topological polar surface area (TPSA) is 116 Å². The maximum atomic E-state index is 10.7. The number of benzene rings is 1. The average Bonchev–Trinajstić information content (AvgIpc) is 2.85. The number of halogens is 1. The van der Waals surface area contributed by atoms with Crippen LogP contribution < -0.4 is 16.0 Å². The van der Waals surface area contributed by atoms with Gasteiger partial charge in [0, 0.05) is 17.6 Å². The van der Waals surface area contributed by atoms with Crippen molar-refractivity contribution in [2.24, 2.45) is 5.84 Å². The van der Waals surface area contributed by atoms with Gasteiger partial charge in [-0.3, -0.25) is 10.1 Å². The van der Waals surface area contributed by atoms with Crippen molar-refractivity contribution in [3.63, 3.8) is 0 Å². The van der Waals surface area contributed by atoms with Crippen LogP contribution in [0.5, 0.6) is 5.75 Å². The number of anilines is 1. The number of hydrogen-bond acceptors (Lipinski definition) is 8. The van der Waals surface area contributed by atoms with E-state index >= 15 is 0 Å². The second-order valence-corrected chi connectivity index (χ2v) is 4.51. The zero-order valence-corrected chi connectivity index (χ0v) is 10.9. The van der Waals surface area contributed by atoms with E-state index in [9.17, 15) is 10.1 Å². The number of hydrazine groups is 1. The molecule has 0 amide bonds. The fourth-order valence-electron chi connectivity index (χ4n) is 1.28. The lowest BCUT2D eigenvalue weighted by Gasteiger charge is -2.06. The van der Waals surface area contributed by atoms with E-state index in [-0.39, 0.29) is 23.1 Å². The molecule has 0 saturated carbocycles. The van der Waals surface area contributed by atoms with Crippen molar-refractivity contribution in [3.05, 3.63) is 39.0 Å². The summed E-state index contributed by atoms with van der Waals surface area (Å²) >= 11 is 6.97. The number of nitro groups is 1. The Morgan fingerprint density at radius 1 is 1.58 bits per heavy atom. The Morgan fingerprint density at radius 2 is 2.37 bits per heavy atom. The first-order valence-electron chi connectivity index (χ1n) is 4.96. The number of ether oxygens (including phenoxy) is 1. The number of rotatable bonds is 5. The minimum absolute atomic E-state index is 0.0525. The Labute approximate surface area is 116 Å². The summed E-state index contributed by atoms with van der Waals surface area (Å²) < 4.78 is 9.09. The van der Waals surface area contributed by atoms with Crippen LogP contribution in [0.2, 0.25) is 5.02 Å². The highest BCUT2D eigenvalue weighted by Crippen LogP contribution is 2.30. The molecule has 0 unspecified atom stereocenters. The molecule has 0 saturated heterocycles. The van der Waals surface area contributed by atoms with E-state index in [1.54, 1.807) is 0 Å². The molecule has 19 heavy (non-hydrogen) atoms. The number of hydrogen-bond donors (Lipinski definition) is 2. The maximum Gasteiger partial charge on any atom is 0.273 e. The van der Waals surface area contributed by atoms with Gasteiger partial charge in [-0.1, -0.05) is 16.1 Å². The lowest BCUT2D eigenvalue weighted by molar-refractivity contribution is -0.384. The van der Waals surface area contributed by atoms with Crippen LogP contribution in [0.3, 0.4) is 0 Å². The number of nitrogens with two attached hydrogens (primary N) is 1. The number of aromatic nitrogens is 2. The van der Waals surface area contributed by atoms with E-state index < -0.39 is 4.92 Å². The molecular weight excluding hydrogens is 294 g/mol.